The molecule has 4 nitrogen and oxygen atoms in total. The Balaban J connectivity index is 2.01. The van der Waals surface area contributed by atoms with E-state index in [2.05, 4.69) is 12.2 Å². The van der Waals surface area contributed by atoms with E-state index in [4.69, 9.17) is 0 Å². The Hall–Kier alpha value is -0.900. The Bertz CT molecular complexity index is 379. The van der Waals surface area contributed by atoms with Crippen LogP contribution >= 0.6 is 0 Å². The Morgan fingerprint density at radius 2 is 1.81 bits per heavy atom. The Morgan fingerprint density at radius 1 is 1.14 bits per heavy atom. The highest BCUT2D eigenvalue weighted by molar-refractivity contribution is 6.05. The zero-order valence-corrected chi connectivity index (χ0v) is 13.7. The molecule has 2 fully saturated rings. The molecule has 21 heavy (non-hydrogen) atoms. The molecule has 0 aromatic rings. The Labute approximate surface area is 128 Å². The third-order valence-electron chi connectivity index (χ3n) is 5.34. The summed E-state index contributed by atoms with van der Waals surface area (Å²) in [5, 5.41) is 3.52. The van der Waals surface area contributed by atoms with Gasteiger partial charge in [-0.25, -0.2) is 0 Å². The number of hydrogen-bond donors (Lipinski definition) is 1. The number of nitrogens with zero attached hydrogens (tertiary/aromatic N) is 1. The number of carbonyl (C=O) groups is 2. The SMILES string of the molecule is CCC1CCCCC1NC1CC(=O)N(C(CC)CC)C1=O. The standard InChI is InChI=1S/C17H30N2O2/c1-4-12-9-7-8-10-14(12)18-15-11-16(20)19(17(15)21)13(5-2)6-3/h12-15,18H,4-11H2,1-3H3. The number of nitrogens with one attached hydrogen (secondary N) is 1. The molecule has 0 aromatic heterocycles. The molecule has 120 valence electrons. The molecule has 0 bridgehead atoms. The lowest BCUT2D eigenvalue weighted by Gasteiger charge is -2.33. The van der Waals surface area contributed by atoms with Gasteiger partial charge < -0.3 is 5.32 Å². The minimum atomic E-state index is -0.282. The summed E-state index contributed by atoms with van der Waals surface area (Å²) in [6, 6.07) is 0.201. The number of carbonyl (C=O) groups excluding carboxylic acids is 2. The average Bonchev–Trinajstić information content (AvgIpc) is 2.77. The van der Waals surface area contributed by atoms with E-state index in [9.17, 15) is 9.59 Å². The maximum absolute atomic E-state index is 12.6. The maximum atomic E-state index is 12.6. The van der Waals surface area contributed by atoms with Crippen molar-refractivity contribution in [1.29, 1.82) is 0 Å². The predicted molar refractivity (Wildman–Crippen MR) is 83.8 cm³/mol. The van der Waals surface area contributed by atoms with Gasteiger partial charge in [-0.1, -0.05) is 40.0 Å². The molecule has 3 atom stereocenters. The maximum Gasteiger partial charge on any atom is 0.247 e. The minimum Gasteiger partial charge on any atom is -0.302 e. The zero-order chi connectivity index (χ0) is 15.4. The van der Waals surface area contributed by atoms with Gasteiger partial charge in [-0.05, 0) is 31.6 Å². The third-order valence-corrected chi connectivity index (χ3v) is 5.34. The number of amides is 2. The third kappa shape index (κ3) is 3.47. The van der Waals surface area contributed by atoms with Crippen molar-refractivity contribution >= 4 is 11.8 Å². The van der Waals surface area contributed by atoms with Gasteiger partial charge >= 0.3 is 0 Å². The van der Waals surface area contributed by atoms with Crippen molar-refractivity contribution in [2.45, 2.75) is 90.3 Å². The quantitative estimate of drug-likeness (QED) is 0.766. The lowest BCUT2D eigenvalue weighted by atomic mass is 9.82. The second kappa shape index (κ2) is 7.39. The van der Waals surface area contributed by atoms with Crippen LogP contribution in [0.2, 0.25) is 0 Å². The normalized spacial score (nSPS) is 30.5. The van der Waals surface area contributed by atoms with E-state index in [-0.39, 0.29) is 23.9 Å². The second-order valence-corrected chi connectivity index (χ2v) is 6.55. The summed E-state index contributed by atoms with van der Waals surface area (Å²) in [7, 11) is 0. The molecule has 0 aromatic carbocycles. The Kier molecular flexibility index (Phi) is 5.80. The number of hydrogen-bond acceptors (Lipinski definition) is 3. The van der Waals surface area contributed by atoms with Gasteiger partial charge in [0.25, 0.3) is 0 Å². The van der Waals surface area contributed by atoms with Gasteiger partial charge in [-0.3, -0.25) is 14.5 Å². The van der Waals surface area contributed by atoms with Crippen molar-refractivity contribution < 1.29 is 9.59 Å². The molecule has 1 saturated heterocycles. The van der Waals surface area contributed by atoms with Crippen molar-refractivity contribution in [3.8, 4) is 0 Å². The van der Waals surface area contributed by atoms with Crippen LogP contribution in [-0.4, -0.2) is 34.8 Å². The predicted octanol–water partition coefficient (Wildman–Crippen LogP) is 2.86. The molecule has 0 radical (unpaired) electrons. The largest absolute Gasteiger partial charge is 0.302 e. The molecule has 1 saturated carbocycles. The molecule has 1 aliphatic carbocycles. The average molecular weight is 294 g/mol. The number of rotatable bonds is 6. The van der Waals surface area contributed by atoms with Crippen LogP contribution in [0.15, 0.2) is 0 Å². The molecule has 1 heterocycles. The molecule has 2 aliphatic rings. The molecule has 2 amide bonds. The van der Waals surface area contributed by atoms with Gasteiger partial charge in [0.1, 0.15) is 0 Å². The van der Waals surface area contributed by atoms with E-state index in [0.29, 0.717) is 18.4 Å². The van der Waals surface area contributed by atoms with E-state index >= 15 is 0 Å². The summed E-state index contributed by atoms with van der Waals surface area (Å²) < 4.78 is 0. The van der Waals surface area contributed by atoms with Crippen LogP contribution in [0.25, 0.3) is 0 Å². The fraction of sp³-hybridized carbons (Fsp3) is 0.882. The van der Waals surface area contributed by atoms with Gasteiger partial charge in [0, 0.05) is 12.1 Å². The Morgan fingerprint density at radius 3 is 2.43 bits per heavy atom. The highest BCUT2D eigenvalue weighted by atomic mass is 16.2. The first-order chi connectivity index (χ1) is 10.1. The van der Waals surface area contributed by atoms with Crippen LogP contribution < -0.4 is 5.32 Å². The monoisotopic (exact) mass is 294 g/mol. The van der Waals surface area contributed by atoms with Gasteiger partial charge in [0.2, 0.25) is 11.8 Å². The second-order valence-electron chi connectivity index (χ2n) is 6.55. The summed E-state index contributed by atoms with van der Waals surface area (Å²) in [6.45, 7) is 6.32. The van der Waals surface area contributed by atoms with Gasteiger partial charge in [0.05, 0.1) is 12.5 Å². The lowest BCUT2D eigenvalue weighted by Crippen LogP contribution is -2.49. The van der Waals surface area contributed by atoms with Gasteiger partial charge in [0.15, 0.2) is 0 Å². The van der Waals surface area contributed by atoms with Crippen LogP contribution in [-0.2, 0) is 9.59 Å². The highest BCUT2D eigenvalue weighted by Gasteiger charge is 2.42. The molecular weight excluding hydrogens is 264 g/mol. The van der Waals surface area contributed by atoms with Gasteiger partial charge in [-0.2, -0.15) is 0 Å². The number of imide groups is 1. The summed E-state index contributed by atoms with van der Waals surface area (Å²) >= 11 is 0. The first kappa shape index (κ1) is 16.5. The van der Waals surface area contributed by atoms with Crippen molar-refractivity contribution in [3.63, 3.8) is 0 Å². The minimum absolute atomic E-state index is 0.00845. The molecule has 0 spiro atoms. The number of likely N-dealkylation sites (tertiary alicyclic amines) is 1. The zero-order valence-electron chi connectivity index (χ0n) is 13.7. The van der Waals surface area contributed by atoms with Crippen molar-refractivity contribution in [2.24, 2.45) is 5.92 Å². The first-order valence-electron chi connectivity index (χ1n) is 8.74. The van der Waals surface area contributed by atoms with E-state index in [1.54, 1.807) is 0 Å². The van der Waals surface area contributed by atoms with Crippen LogP contribution in [0.1, 0.15) is 72.1 Å². The van der Waals surface area contributed by atoms with Crippen LogP contribution in [0.3, 0.4) is 0 Å². The summed E-state index contributed by atoms with van der Waals surface area (Å²) in [6.07, 6.45) is 8.13. The summed E-state index contributed by atoms with van der Waals surface area (Å²) in [4.78, 5) is 26.3. The molecular formula is C17H30N2O2. The first-order valence-corrected chi connectivity index (χ1v) is 8.74. The van der Waals surface area contributed by atoms with Crippen LogP contribution in [0.4, 0.5) is 0 Å². The van der Waals surface area contributed by atoms with Crippen molar-refractivity contribution in [3.05, 3.63) is 0 Å². The molecule has 1 N–H and O–H groups in total. The van der Waals surface area contributed by atoms with E-state index in [0.717, 1.165) is 25.7 Å². The van der Waals surface area contributed by atoms with Crippen molar-refractivity contribution in [1.82, 2.24) is 10.2 Å². The highest BCUT2D eigenvalue weighted by Crippen LogP contribution is 2.29. The molecule has 4 heteroatoms. The fourth-order valence-corrected chi connectivity index (χ4v) is 3.99. The van der Waals surface area contributed by atoms with Crippen molar-refractivity contribution in [2.75, 3.05) is 0 Å². The summed E-state index contributed by atoms with van der Waals surface area (Å²) in [5.41, 5.74) is 0. The molecule has 1 aliphatic heterocycles. The van der Waals surface area contributed by atoms with Crippen LogP contribution in [0.5, 0.6) is 0 Å². The molecule has 2 rings (SSSR count). The van der Waals surface area contributed by atoms with Crippen LogP contribution in [0, 0.1) is 5.92 Å². The lowest BCUT2D eigenvalue weighted by molar-refractivity contribution is -0.141. The van der Waals surface area contributed by atoms with E-state index < -0.39 is 0 Å². The van der Waals surface area contributed by atoms with E-state index in [1.165, 1.54) is 24.2 Å². The smallest absolute Gasteiger partial charge is 0.247 e. The topological polar surface area (TPSA) is 49.4 Å². The fourth-order valence-electron chi connectivity index (χ4n) is 3.99. The molecule has 3 unspecified atom stereocenters. The van der Waals surface area contributed by atoms with Gasteiger partial charge in [-0.15, -0.1) is 0 Å². The van der Waals surface area contributed by atoms with E-state index in [1.807, 2.05) is 13.8 Å². The summed E-state index contributed by atoms with van der Waals surface area (Å²) in [5.74, 6) is 0.674.